The monoisotopic (exact) mass is 368 g/mol. The molecule has 6 nitrogen and oxygen atoms in total. The molecule has 3 rings (SSSR count). The van der Waals surface area contributed by atoms with Gasteiger partial charge in [0.05, 0.1) is 5.69 Å². The van der Waals surface area contributed by atoms with E-state index in [0.717, 1.165) is 35.6 Å². The second kappa shape index (κ2) is 7.94. The summed E-state index contributed by atoms with van der Waals surface area (Å²) in [6, 6.07) is 7.30. The van der Waals surface area contributed by atoms with Crippen LogP contribution in [0.5, 0.6) is 0 Å². The minimum Gasteiger partial charge on any atom is -0.354 e. The molecule has 0 unspecified atom stereocenters. The summed E-state index contributed by atoms with van der Waals surface area (Å²) in [6.07, 6.45) is 1.69. The standard InChI is InChI=1S/C21H28N4O2/c1-5-20(26)25-18-10-8-7-9-16(18)13-19(25)21(27)22-12-11-17-14(3)23-24(6-2)15(17)4/h7-10,19H,5-6,11-13H2,1-4H3,(H,22,27)/t19-/m1/s1. The molecule has 1 aromatic heterocycles. The highest BCUT2D eigenvalue weighted by atomic mass is 16.2. The quantitative estimate of drug-likeness (QED) is 0.852. The van der Waals surface area contributed by atoms with Crippen molar-refractivity contribution in [3.05, 3.63) is 46.8 Å². The predicted octanol–water partition coefficient (Wildman–Crippen LogP) is 2.55. The predicted molar refractivity (Wildman–Crippen MR) is 106 cm³/mol. The van der Waals surface area contributed by atoms with E-state index in [4.69, 9.17) is 0 Å². The van der Waals surface area contributed by atoms with Crippen molar-refractivity contribution >= 4 is 17.5 Å². The number of nitrogens with zero attached hydrogens (tertiary/aromatic N) is 3. The normalized spacial score (nSPS) is 15.7. The van der Waals surface area contributed by atoms with Crippen LogP contribution in [0.2, 0.25) is 0 Å². The van der Waals surface area contributed by atoms with Gasteiger partial charge in [0.1, 0.15) is 6.04 Å². The Morgan fingerprint density at radius 3 is 2.63 bits per heavy atom. The first-order valence-corrected chi connectivity index (χ1v) is 9.68. The molecule has 1 aliphatic heterocycles. The summed E-state index contributed by atoms with van der Waals surface area (Å²) >= 11 is 0. The third kappa shape index (κ3) is 3.61. The van der Waals surface area contributed by atoms with Crippen molar-refractivity contribution in [2.45, 2.75) is 59.5 Å². The summed E-state index contributed by atoms with van der Waals surface area (Å²) < 4.78 is 1.99. The van der Waals surface area contributed by atoms with Crippen LogP contribution in [0.1, 0.15) is 42.8 Å². The average molecular weight is 368 g/mol. The fourth-order valence-corrected chi connectivity index (χ4v) is 3.91. The van der Waals surface area contributed by atoms with Crippen molar-refractivity contribution in [1.29, 1.82) is 0 Å². The molecule has 1 atom stereocenters. The summed E-state index contributed by atoms with van der Waals surface area (Å²) in [4.78, 5) is 27.0. The van der Waals surface area contributed by atoms with Gasteiger partial charge in [0.25, 0.3) is 0 Å². The molecular weight excluding hydrogens is 340 g/mol. The molecule has 0 saturated carbocycles. The Morgan fingerprint density at radius 2 is 1.96 bits per heavy atom. The second-order valence-corrected chi connectivity index (χ2v) is 6.97. The minimum absolute atomic E-state index is 0.0176. The van der Waals surface area contributed by atoms with Crippen molar-refractivity contribution < 1.29 is 9.59 Å². The van der Waals surface area contributed by atoms with Gasteiger partial charge in [0, 0.05) is 37.3 Å². The number of carbonyl (C=O) groups is 2. The van der Waals surface area contributed by atoms with Gasteiger partial charge in [-0.25, -0.2) is 0 Å². The molecule has 0 fully saturated rings. The lowest BCUT2D eigenvalue weighted by atomic mass is 10.1. The van der Waals surface area contributed by atoms with Gasteiger partial charge in [-0.2, -0.15) is 5.10 Å². The Morgan fingerprint density at radius 1 is 1.22 bits per heavy atom. The number of carbonyl (C=O) groups excluding carboxylic acids is 2. The first kappa shape index (κ1) is 19.1. The molecule has 2 amide bonds. The summed E-state index contributed by atoms with van der Waals surface area (Å²) in [5, 5.41) is 7.56. The van der Waals surface area contributed by atoms with Crippen molar-refractivity contribution in [2.24, 2.45) is 0 Å². The Kier molecular flexibility index (Phi) is 5.63. The Labute approximate surface area is 160 Å². The Balaban J connectivity index is 1.68. The number of aromatic nitrogens is 2. The third-order valence-corrected chi connectivity index (χ3v) is 5.36. The molecule has 0 bridgehead atoms. The molecule has 1 aliphatic rings. The van der Waals surface area contributed by atoms with Gasteiger partial charge in [-0.3, -0.25) is 19.2 Å². The summed E-state index contributed by atoms with van der Waals surface area (Å²) in [5.74, 6) is -0.109. The van der Waals surface area contributed by atoms with E-state index in [1.165, 1.54) is 5.56 Å². The lowest BCUT2D eigenvalue weighted by molar-refractivity contribution is -0.126. The van der Waals surface area contributed by atoms with Crippen LogP contribution in [0.3, 0.4) is 0 Å². The van der Waals surface area contributed by atoms with E-state index in [-0.39, 0.29) is 11.8 Å². The van der Waals surface area contributed by atoms with E-state index in [1.54, 1.807) is 4.90 Å². The minimum atomic E-state index is -0.463. The maximum Gasteiger partial charge on any atom is 0.243 e. The molecular formula is C21H28N4O2. The molecule has 0 aliphatic carbocycles. The highest BCUT2D eigenvalue weighted by Gasteiger charge is 2.37. The van der Waals surface area contributed by atoms with Gasteiger partial charge in [0.2, 0.25) is 11.8 Å². The summed E-state index contributed by atoms with van der Waals surface area (Å²) in [6.45, 7) is 9.35. The zero-order valence-corrected chi connectivity index (χ0v) is 16.6. The first-order valence-electron chi connectivity index (χ1n) is 9.68. The number of nitrogens with one attached hydrogen (secondary N) is 1. The van der Waals surface area contributed by atoms with E-state index in [9.17, 15) is 9.59 Å². The molecule has 0 saturated heterocycles. The molecule has 1 aromatic carbocycles. The molecule has 2 heterocycles. The molecule has 1 N–H and O–H groups in total. The van der Waals surface area contributed by atoms with Gasteiger partial charge in [-0.05, 0) is 44.4 Å². The highest BCUT2D eigenvalue weighted by molar-refractivity contribution is 6.03. The Bertz CT molecular complexity index is 856. The smallest absolute Gasteiger partial charge is 0.243 e. The van der Waals surface area contributed by atoms with Crippen molar-refractivity contribution in [1.82, 2.24) is 15.1 Å². The van der Waals surface area contributed by atoms with E-state index < -0.39 is 6.04 Å². The highest BCUT2D eigenvalue weighted by Crippen LogP contribution is 2.32. The topological polar surface area (TPSA) is 67.2 Å². The van der Waals surface area contributed by atoms with E-state index in [1.807, 2.05) is 42.8 Å². The fourth-order valence-electron chi connectivity index (χ4n) is 3.91. The van der Waals surface area contributed by atoms with Gasteiger partial charge in [-0.1, -0.05) is 25.1 Å². The number of hydrogen-bond acceptors (Lipinski definition) is 3. The first-order chi connectivity index (χ1) is 13.0. The molecule has 0 spiro atoms. The number of benzene rings is 1. The summed E-state index contributed by atoms with van der Waals surface area (Å²) in [5.41, 5.74) is 5.27. The number of anilines is 1. The zero-order valence-electron chi connectivity index (χ0n) is 16.6. The lowest BCUT2D eigenvalue weighted by Crippen LogP contribution is -2.48. The molecule has 6 heteroatoms. The lowest BCUT2D eigenvalue weighted by Gasteiger charge is -2.24. The van der Waals surface area contributed by atoms with Gasteiger partial charge >= 0.3 is 0 Å². The third-order valence-electron chi connectivity index (χ3n) is 5.36. The van der Waals surface area contributed by atoms with Gasteiger partial charge in [-0.15, -0.1) is 0 Å². The van der Waals surface area contributed by atoms with Crippen LogP contribution in [-0.2, 0) is 29.0 Å². The number of rotatable bonds is 6. The molecule has 2 aromatic rings. The van der Waals surface area contributed by atoms with Crippen molar-refractivity contribution in [3.8, 4) is 0 Å². The average Bonchev–Trinajstić information content (AvgIpc) is 3.19. The molecule has 144 valence electrons. The van der Waals surface area contributed by atoms with Crippen LogP contribution in [0.4, 0.5) is 5.69 Å². The van der Waals surface area contributed by atoms with Crippen LogP contribution < -0.4 is 10.2 Å². The number of aryl methyl sites for hydroxylation is 2. The largest absolute Gasteiger partial charge is 0.354 e. The van der Waals surface area contributed by atoms with Crippen LogP contribution in [0.25, 0.3) is 0 Å². The zero-order chi connectivity index (χ0) is 19.6. The van der Waals surface area contributed by atoms with Crippen LogP contribution in [-0.4, -0.2) is 34.2 Å². The number of hydrogen-bond donors (Lipinski definition) is 1. The summed E-state index contributed by atoms with van der Waals surface area (Å²) in [7, 11) is 0. The van der Waals surface area contributed by atoms with Crippen LogP contribution >= 0.6 is 0 Å². The van der Waals surface area contributed by atoms with Crippen molar-refractivity contribution in [2.75, 3.05) is 11.4 Å². The van der Waals surface area contributed by atoms with Crippen LogP contribution in [0, 0.1) is 13.8 Å². The Hall–Kier alpha value is -2.63. The van der Waals surface area contributed by atoms with Gasteiger partial charge < -0.3 is 5.32 Å². The van der Waals surface area contributed by atoms with E-state index in [0.29, 0.717) is 19.4 Å². The van der Waals surface area contributed by atoms with E-state index >= 15 is 0 Å². The SMILES string of the molecule is CCC(=O)N1c2ccccc2C[C@@H]1C(=O)NCCc1c(C)nn(CC)c1C. The van der Waals surface area contributed by atoms with Crippen LogP contribution in [0.15, 0.2) is 24.3 Å². The number of para-hydroxylation sites is 1. The maximum absolute atomic E-state index is 12.8. The fraction of sp³-hybridized carbons (Fsp3) is 0.476. The maximum atomic E-state index is 12.8. The molecule has 27 heavy (non-hydrogen) atoms. The van der Waals surface area contributed by atoms with Gasteiger partial charge in [0.15, 0.2) is 0 Å². The number of amides is 2. The molecule has 0 radical (unpaired) electrons. The number of fused-ring (bicyclic) bond motifs is 1. The second-order valence-electron chi connectivity index (χ2n) is 6.97. The van der Waals surface area contributed by atoms with E-state index in [2.05, 4.69) is 24.3 Å². The van der Waals surface area contributed by atoms with Crippen molar-refractivity contribution in [3.63, 3.8) is 0 Å².